The van der Waals surface area contributed by atoms with Gasteiger partial charge in [-0.25, -0.2) is 8.78 Å². The van der Waals surface area contributed by atoms with Crippen LogP contribution in [-0.2, 0) is 4.74 Å². The summed E-state index contributed by atoms with van der Waals surface area (Å²) in [5, 5.41) is 0. The van der Waals surface area contributed by atoms with Crippen LogP contribution in [0.1, 0.15) is 6.92 Å². The summed E-state index contributed by atoms with van der Waals surface area (Å²) in [5.74, 6) is -2.12. The summed E-state index contributed by atoms with van der Waals surface area (Å²) >= 11 is 0. The highest BCUT2D eigenvalue weighted by Crippen LogP contribution is 2.23. The zero-order valence-corrected chi connectivity index (χ0v) is 10.8. The van der Waals surface area contributed by atoms with Gasteiger partial charge in [-0.2, -0.15) is 0 Å². The molecule has 0 radical (unpaired) electrons. The van der Waals surface area contributed by atoms with E-state index in [2.05, 4.69) is 26.3 Å². The van der Waals surface area contributed by atoms with Crippen molar-refractivity contribution >= 4 is 0 Å². The second-order valence-corrected chi connectivity index (χ2v) is 3.66. The van der Waals surface area contributed by atoms with Gasteiger partial charge in [0, 0.05) is 12.7 Å². The zero-order valence-electron chi connectivity index (χ0n) is 10.8. The maximum atomic E-state index is 13.4. The Morgan fingerprint density at radius 2 is 1.72 bits per heavy atom. The number of rotatable bonds is 7. The lowest BCUT2D eigenvalue weighted by Crippen LogP contribution is -2.05. The smallest absolute Gasteiger partial charge is 0.165 e. The topological polar surface area (TPSA) is 9.23 Å². The molecular weight excluding hydrogens is 234 g/mol. The Kier molecular flexibility index (Phi) is 6.83. The third-order valence-corrected chi connectivity index (χ3v) is 2.42. The standard InChI is InChI=1S/C15H18F2O/c1-7-14(16)15(17)12(4)10(2)8-9-11(3)13(5)18-6/h7-9,13H,1-4H2,5-6H3/b9-8-,15-14-. The van der Waals surface area contributed by atoms with E-state index in [1.54, 1.807) is 13.2 Å². The van der Waals surface area contributed by atoms with E-state index in [4.69, 9.17) is 4.74 Å². The highest BCUT2D eigenvalue weighted by atomic mass is 19.2. The van der Waals surface area contributed by atoms with Gasteiger partial charge in [-0.1, -0.05) is 38.5 Å². The van der Waals surface area contributed by atoms with Gasteiger partial charge in [0.1, 0.15) is 0 Å². The van der Waals surface area contributed by atoms with Crippen molar-refractivity contribution in [1.82, 2.24) is 0 Å². The fraction of sp³-hybridized carbons (Fsp3) is 0.200. The van der Waals surface area contributed by atoms with Crippen LogP contribution in [0.2, 0.25) is 0 Å². The van der Waals surface area contributed by atoms with Gasteiger partial charge < -0.3 is 4.74 Å². The molecular formula is C15H18F2O. The minimum atomic E-state index is -1.06. The van der Waals surface area contributed by atoms with Crippen LogP contribution in [0, 0.1) is 0 Å². The number of allylic oxidation sites excluding steroid dienone is 6. The molecule has 1 atom stereocenters. The van der Waals surface area contributed by atoms with Crippen LogP contribution in [0.4, 0.5) is 8.78 Å². The van der Waals surface area contributed by atoms with E-state index in [-0.39, 0.29) is 17.3 Å². The van der Waals surface area contributed by atoms with Gasteiger partial charge in [0.2, 0.25) is 0 Å². The summed E-state index contributed by atoms with van der Waals surface area (Å²) in [7, 11) is 1.55. The first-order valence-corrected chi connectivity index (χ1v) is 5.31. The third kappa shape index (κ3) is 4.63. The van der Waals surface area contributed by atoms with Gasteiger partial charge in [0.15, 0.2) is 11.7 Å². The van der Waals surface area contributed by atoms with Crippen LogP contribution in [-0.4, -0.2) is 13.2 Å². The highest BCUT2D eigenvalue weighted by molar-refractivity contribution is 5.49. The van der Waals surface area contributed by atoms with Crippen LogP contribution in [0.25, 0.3) is 0 Å². The molecule has 1 unspecified atom stereocenters. The van der Waals surface area contributed by atoms with Crippen molar-refractivity contribution in [3.8, 4) is 0 Å². The van der Waals surface area contributed by atoms with E-state index in [0.29, 0.717) is 5.57 Å². The second kappa shape index (κ2) is 7.56. The first-order valence-electron chi connectivity index (χ1n) is 5.31. The summed E-state index contributed by atoms with van der Waals surface area (Å²) in [5.41, 5.74) is 0.829. The first-order chi connectivity index (χ1) is 8.34. The van der Waals surface area contributed by atoms with E-state index in [1.807, 2.05) is 6.92 Å². The Hall–Kier alpha value is -1.74. The average molecular weight is 252 g/mol. The fourth-order valence-electron chi connectivity index (χ4n) is 0.970. The molecule has 18 heavy (non-hydrogen) atoms. The molecule has 0 aromatic heterocycles. The minimum Gasteiger partial charge on any atom is -0.377 e. The Balaban J connectivity index is 4.80. The van der Waals surface area contributed by atoms with Gasteiger partial charge in [0.25, 0.3) is 0 Å². The van der Waals surface area contributed by atoms with Crippen molar-refractivity contribution < 1.29 is 13.5 Å². The predicted octanol–water partition coefficient (Wildman–Crippen LogP) is 4.58. The van der Waals surface area contributed by atoms with E-state index >= 15 is 0 Å². The number of hydrogen-bond donors (Lipinski definition) is 0. The van der Waals surface area contributed by atoms with E-state index in [9.17, 15) is 8.78 Å². The van der Waals surface area contributed by atoms with Crippen LogP contribution < -0.4 is 0 Å². The molecule has 0 amide bonds. The Morgan fingerprint density at radius 3 is 2.17 bits per heavy atom. The largest absolute Gasteiger partial charge is 0.377 e. The van der Waals surface area contributed by atoms with Gasteiger partial charge in [-0.05, 0) is 24.1 Å². The Morgan fingerprint density at radius 1 is 1.17 bits per heavy atom. The molecule has 0 saturated heterocycles. The van der Waals surface area contributed by atoms with Crippen LogP contribution in [0.3, 0.4) is 0 Å². The van der Waals surface area contributed by atoms with Crippen molar-refractivity contribution in [3.63, 3.8) is 0 Å². The number of ether oxygens (including phenoxy) is 1. The Bertz CT molecular complexity index is 428. The summed E-state index contributed by atoms with van der Waals surface area (Å²) in [6.07, 6.45) is 3.76. The monoisotopic (exact) mass is 252 g/mol. The maximum absolute atomic E-state index is 13.4. The summed E-state index contributed by atoms with van der Waals surface area (Å²) < 4.78 is 31.4. The van der Waals surface area contributed by atoms with Gasteiger partial charge in [0.05, 0.1) is 6.10 Å². The molecule has 0 rings (SSSR count). The average Bonchev–Trinajstić information content (AvgIpc) is 2.40. The molecule has 0 aromatic rings. The zero-order chi connectivity index (χ0) is 14.3. The van der Waals surface area contributed by atoms with Crippen molar-refractivity contribution in [2.75, 3.05) is 7.11 Å². The maximum Gasteiger partial charge on any atom is 0.165 e. The molecule has 0 saturated carbocycles. The lowest BCUT2D eigenvalue weighted by molar-refractivity contribution is 0.150. The summed E-state index contributed by atoms with van der Waals surface area (Å²) in [6.45, 7) is 15.8. The lowest BCUT2D eigenvalue weighted by atomic mass is 10.1. The SMILES string of the molecule is C=C/C(F)=C(/F)C(=C)C(=C)/C=C\C(=C)C(C)OC. The van der Waals surface area contributed by atoms with E-state index < -0.39 is 11.7 Å². The molecule has 0 aliphatic carbocycles. The van der Waals surface area contributed by atoms with E-state index in [0.717, 1.165) is 6.08 Å². The molecule has 1 nitrogen and oxygen atoms in total. The molecule has 0 heterocycles. The quantitative estimate of drug-likeness (QED) is 0.602. The van der Waals surface area contributed by atoms with Crippen molar-refractivity contribution in [1.29, 1.82) is 0 Å². The van der Waals surface area contributed by atoms with Crippen LogP contribution in [0.5, 0.6) is 0 Å². The minimum absolute atomic E-state index is 0.124. The molecule has 98 valence electrons. The Labute approximate surface area is 107 Å². The van der Waals surface area contributed by atoms with E-state index in [1.165, 1.54) is 6.08 Å². The molecule has 0 N–H and O–H groups in total. The molecule has 0 aliphatic rings. The van der Waals surface area contributed by atoms with Crippen molar-refractivity contribution in [3.05, 3.63) is 72.9 Å². The molecule has 0 aliphatic heterocycles. The first kappa shape index (κ1) is 16.3. The molecule has 0 spiro atoms. The van der Waals surface area contributed by atoms with Crippen molar-refractivity contribution in [2.24, 2.45) is 0 Å². The fourth-order valence-corrected chi connectivity index (χ4v) is 0.970. The number of methoxy groups -OCH3 is 1. The van der Waals surface area contributed by atoms with Gasteiger partial charge in [-0.3, -0.25) is 0 Å². The molecule has 3 heteroatoms. The van der Waals surface area contributed by atoms with Gasteiger partial charge >= 0.3 is 0 Å². The molecule has 0 aromatic carbocycles. The normalized spacial score (nSPS) is 14.0. The molecule has 0 fully saturated rings. The number of halogens is 2. The predicted molar refractivity (Wildman–Crippen MR) is 72.5 cm³/mol. The summed E-state index contributed by atoms with van der Waals surface area (Å²) in [4.78, 5) is 0. The summed E-state index contributed by atoms with van der Waals surface area (Å²) in [6, 6.07) is 0. The number of hydrogen-bond acceptors (Lipinski definition) is 1. The van der Waals surface area contributed by atoms with Gasteiger partial charge in [-0.15, -0.1) is 0 Å². The third-order valence-electron chi connectivity index (χ3n) is 2.42. The van der Waals surface area contributed by atoms with Crippen LogP contribution >= 0.6 is 0 Å². The van der Waals surface area contributed by atoms with Crippen LogP contribution in [0.15, 0.2) is 72.9 Å². The van der Waals surface area contributed by atoms with Crippen molar-refractivity contribution in [2.45, 2.75) is 13.0 Å². The molecule has 0 bridgehead atoms. The second-order valence-electron chi connectivity index (χ2n) is 3.66. The highest BCUT2D eigenvalue weighted by Gasteiger charge is 2.09. The lowest BCUT2D eigenvalue weighted by Gasteiger charge is -2.09.